The van der Waals surface area contributed by atoms with Crippen molar-refractivity contribution in [2.24, 2.45) is 0 Å². The van der Waals surface area contributed by atoms with Gasteiger partial charge in [-0.3, -0.25) is 0 Å². The first-order valence-corrected chi connectivity index (χ1v) is 9.50. The van der Waals surface area contributed by atoms with Gasteiger partial charge in [-0.1, -0.05) is 6.92 Å². The van der Waals surface area contributed by atoms with E-state index in [2.05, 4.69) is 41.3 Å². The lowest BCUT2D eigenvalue weighted by atomic mass is 9.87. The first kappa shape index (κ1) is 15.8. The molecular weight excluding hydrogens is 320 g/mol. The Kier molecular flexibility index (Phi) is 4.14. The Bertz CT molecular complexity index is 865. The number of nitrogens with one attached hydrogen (secondary N) is 1. The third-order valence-electron chi connectivity index (χ3n) is 4.78. The Balaban J connectivity index is 1.74. The molecule has 7 heteroatoms. The average molecular weight is 344 g/mol. The van der Waals surface area contributed by atoms with Crippen LogP contribution < -0.4 is 5.32 Å². The highest BCUT2D eigenvalue weighted by atomic mass is 32.1. The molecule has 0 aromatic carbocycles. The third kappa shape index (κ3) is 2.65. The first-order chi connectivity index (χ1) is 11.6. The van der Waals surface area contributed by atoms with Crippen LogP contribution >= 0.6 is 11.3 Å². The molecule has 1 aliphatic rings. The fraction of sp³-hybridized carbons (Fsp3) is 0.588. The minimum atomic E-state index is 0.587. The summed E-state index contributed by atoms with van der Waals surface area (Å²) in [5.41, 5.74) is 2.41. The van der Waals surface area contributed by atoms with Gasteiger partial charge >= 0.3 is 0 Å². The molecule has 3 aromatic rings. The zero-order valence-corrected chi connectivity index (χ0v) is 15.4. The Morgan fingerprint density at radius 2 is 2.29 bits per heavy atom. The van der Waals surface area contributed by atoms with Crippen LogP contribution in [-0.2, 0) is 6.42 Å². The Labute approximate surface area is 145 Å². The van der Waals surface area contributed by atoms with E-state index >= 15 is 0 Å². The maximum absolute atomic E-state index is 4.89. The predicted molar refractivity (Wildman–Crippen MR) is 99.2 cm³/mol. The lowest BCUT2D eigenvalue weighted by Crippen LogP contribution is -2.17. The van der Waals surface area contributed by atoms with Crippen molar-refractivity contribution in [2.75, 3.05) is 32.5 Å². The highest BCUT2D eigenvalue weighted by Crippen LogP contribution is 2.43. The van der Waals surface area contributed by atoms with Crippen molar-refractivity contribution in [3.05, 3.63) is 16.8 Å². The lowest BCUT2D eigenvalue weighted by molar-refractivity contribution is 0.405. The van der Waals surface area contributed by atoms with Crippen molar-refractivity contribution in [2.45, 2.75) is 38.5 Å². The molecule has 1 unspecified atom stereocenters. The molecular formula is C17H24N6S. The number of hydrogen-bond donors (Lipinski definition) is 1. The molecule has 24 heavy (non-hydrogen) atoms. The van der Waals surface area contributed by atoms with Gasteiger partial charge < -0.3 is 10.2 Å². The second-order valence-corrected chi connectivity index (χ2v) is 8.01. The molecule has 0 saturated carbocycles. The van der Waals surface area contributed by atoms with Gasteiger partial charge in [0.1, 0.15) is 11.2 Å². The zero-order chi connectivity index (χ0) is 16.7. The molecule has 3 heterocycles. The molecule has 1 N–H and O–H groups in total. The maximum Gasteiger partial charge on any atom is 0.227 e. The first-order valence-electron chi connectivity index (χ1n) is 8.68. The summed E-state index contributed by atoms with van der Waals surface area (Å²) in [6, 6.07) is 0. The molecule has 0 aliphatic heterocycles. The quantitative estimate of drug-likeness (QED) is 0.721. The van der Waals surface area contributed by atoms with E-state index in [9.17, 15) is 0 Å². The number of thiophene rings is 1. The second-order valence-electron chi connectivity index (χ2n) is 6.93. The minimum absolute atomic E-state index is 0.587. The molecule has 0 fully saturated rings. The minimum Gasteiger partial charge on any atom is -0.354 e. The fourth-order valence-electron chi connectivity index (χ4n) is 3.61. The van der Waals surface area contributed by atoms with Crippen molar-refractivity contribution >= 4 is 33.1 Å². The van der Waals surface area contributed by atoms with Crippen molar-refractivity contribution in [3.8, 4) is 0 Å². The molecule has 0 radical (unpaired) electrons. The third-order valence-corrected chi connectivity index (χ3v) is 5.94. The van der Waals surface area contributed by atoms with Gasteiger partial charge in [0.05, 0.1) is 5.39 Å². The normalized spacial score (nSPS) is 17.8. The molecule has 128 valence electrons. The molecule has 0 saturated heterocycles. The number of nitrogens with zero attached hydrogens (tertiary/aromatic N) is 5. The van der Waals surface area contributed by atoms with Crippen molar-refractivity contribution in [3.63, 3.8) is 0 Å². The molecule has 4 rings (SSSR count). The molecule has 1 aliphatic carbocycles. The molecule has 0 spiro atoms. The SMILES string of the molecule is CC1CCCc2sc3nc(NCCCN(C)C)n4ncnc4c3c21. The summed E-state index contributed by atoms with van der Waals surface area (Å²) in [5, 5.41) is 9.07. The molecule has 0 amide bonds. The van der Waals surface area contributed by atoms with Crippen molar-refractivity contribution in [1.82, 2.24) is 24.5 Å². The van der Waals surface area contributed by atoms with E-state index in [4.69, 9.17) is 4.98 Å². The topological polar surface area (TPSA) is 58.4 Å². The van der Waals surface area contributed by atoms with Gasteiger partial charge in [0.15, 0.2) is 5.65 Å². The summed E-state index contributed by atoms with van der Waals surface area (Å²) in [6.45, 7) is 4.26. The van der Waals surface area contributed by atoms with E-state index in [0.29, 0.717) is 5.92 Å². The number of hydrogen-bond acceptors (Lipinski definition) is 6. The van der Waals surface area contributed by atoms with Gasteiger partial charge in [-0.25, -0.2) is 9.97 Å². The van der Waals surface area contributed by atoms with Gasteiger partial charge in [-0.2, -0.15) is 9.61 Å². The van der Waals surface area contributed by atoms with E-state index in [0.717, 1.165) is 35.9 Å². The zero-order valence-electron chi connectivity index (χ0n) is 14.5. The highest BCUT2D eigenvalue weighted by molar-refractivity contribution is 7.19. The Morgan fingerprint density at radius 1 is 1.42 bits per heavy atom. The van der Waals surface area contributed by atoms with Crippen LogP contribution in [0.4, 0.5) is 5.95 Å². The lowest BCUT2D eigenvalue weighted by Gasteiger charge is -2.18. The van der Waals surface area contributed by atoms with Gasteiger partial charge in [0.25, 0.3) is 0 Å². The van der Waals surface area contributed by atoms with E-state index < -0.39 is 0 Å². The van der Waals surface area contributed by atoms with E-state index in [1.54, 1.807) is 6.33 Å². The van der Waals surface area contributed by atoms with Crippen LogP contribution in [-0.4, -0.2) is 51.7 Å². The molecule has 1 atom stereocenters. The molecule has 6 nitrogen and oxygen atoms in total. The van der Waals surface area contributed by atoms with Crippen molar-refractivity contribution in [1.29, 1.82) is 0 Å². The smallest absolute Gasteiger partial charge is 0.227 e. The Hall–Kier alpha value is -1.73. The van der Waals surface area contributed by atoms with Crippen LogP contribution in [0.5, 0.6) is 0 Å². The summed E-state index contributed by atoms with van der Waals surface area (Å²) in [5.74, 6) is 1.39. The summed E-state index contributed by atoms with van der Waals surface area (Å²) in [6.07, 6.45) is 6.41. The average Bonchev–Trinajstić information content (AvgIpc) is 3.15. The number of aromatic nitrogens is 4. The van der Waals surface area contributed by atoms with E-state index in [1.165, 1.54) is 35.1 Å². The van der Waals surface area contributed by atoms with Gasteiger partial charge in [-0.15, -0.1) is 11.3 Å². The number of rotatable bonds is 5. The molecule has 3 aromatic heterocycles. The van der Waals surface area contributed by atoms with Gasteiger partial charge in [-0.05, 0) is 57.8 Å². The van der Waals surface area contributed by atoms with Crippen LogP contribution in [0.2, 0.25) is 0 Å². The monoisotopic (exact) mass is 344 g/mol. The summed E-state index contributed by atoms with van der Waals surface area (Å²) < 4.78 is 1.87. The maximum atomic E-state index is 4.89. The van der Waals surface area contributed by atoms with Crippen LogP contribution in [0.1, 0.15) is 42.5 Å². The van der Waals surface area contributed by atoms with Gasteiger partial charge in [0, 0.05) is 11.4 Å². The Morgan fingerprint density at radius 3 is 3.12 bits per heavy atom. The van der Waals surface area contributed by atoms with Crippen LogP contribution in [0.15, 0.2) is 6.33 Å². The standard InChI is InChI=1S/C17H24N6S/c1-11-6-4-7-12-13(11)14-15-19-10-20-23(15)17(21-16(14)24-12)18-8-5-9-22(2)3/h10-11H,4-9H2,1-3H3,(H,18,21). The fourth-order valence-corrected chi connectivity index (χ4v) is 4.94. The summed E-state index contributed by atoms with van der Waals surface area (Å²) in [4.78, 5) is 14.2. The van der Waals surface area contributed by atoms with Crippen LogP contribution in [0.25, 0.3) is 15.9 Å². The largest absolute Gasteiger partial charge is 0.354 e. The number of fused-ring (bicyclic) bond motifs is 5. The molecule has 0 bridgehead atoms. The summed E-state index contributed by atoms with van der Waals surface area (Å²) in [7, 11) is 4.19. The second kappa shape index (κ2) is 6.29. The van der Waals surface area contributed by atoms with E-state index in [-0.39, 0.29) is 0 Å². The van der Waals surface area contributed by atoms with Crippen LogP contribution in [0, 0.1) is 0 Å². The summed E-state index contributed by atoms with van der Waals surface area (Å²) >= 11 is 1.84. The van der Waals surface area contributed by atoms with Crippen molar-refractivity contribution < 1.29 is 0 Å². The van der Waals surface area contributed by atoms with E-state index in [1.807, 2.05) is 15.9 Å². The highest BCUT2D eigenvalue weighted by Gasteiger charge is 2.25. The number of anilines is 1. The van der Waals surface area contributed by atoms with Crippen LogP contribution in [0.3, 0.4) is 0 Å². The predicted octanol–water partition coefficient (Wildman–Crippen LogP) is 3.14. The number of aryl methyl sites for hydroxylation is 1. The van der Waals surface area contributed by atoms with Gasteiger partial charge in [0.2, 0.25) is 5.95 Å².